The summed E-state index contributed by atoms with van der Waals surface area (Å²) in [6.45, 7) is 6.63. The van der Waals surface area contributed by atoms with Crippen LogP contribution in [0.2, 0.25) is 0 Å². The summed E-state index contributed by atoms with van der Waals surface area (Å²) in [7, 11) is 0. The van der Waals surface area contributed by atoms with E-state index in [4.69, 9.17) is 0 Å². The Morgan fingerprint density at radius 1 is 1.04 bits per heavy atom. The first-order chi connectivity index (χ1) is 11.6. The van der Waals surface area contributed by atoms with E-state index in [1.54, 1.807) is 0 Å². The first kappa shape index (κ1) is 18.6. The molecular weight excluding hydrogens is 288 g/mol. The van der Waals surface area contributed by atoms with Crippen LogP contribution in [-0.2, 0) is 0 Å². The van der Waals surface area contributed by atoms with Crippen LogP contribution >= 0.6 is 0 Å². The minimum atomic E-state index is 0.442. The molecule has 2 rings (SSSR count). The Hall–Kier alpha value is -1.74. The summed E-state index contributed by atoms with van der Waals surface area (Å²) in [6.07, 6.45) is 13.3. The molecule has 0 aromatic heterocycles. The van der Waals surface area contributed by atoms with E-state index in [9.17, 15) is 0 Å². The molecule has 0 amide bonds. The van der Waals surface area contributed by atoms with Crippen molar-refractivity contribution >= 4 is 0 Å². The van der Waals surface area contributed by atoms with Gasteiger partial charge in [-0.25, -0.2) is 0 Å². The molecule has 1 aromatic carbocycles. The van der Waals surface area contributed by atoms with E-state index in [-0.39, 0.29) is 0 Å². The van der Waals surface area contributed by atoms with Crippen LogP contribution in [0.25, 0.3) is 0 Å². The van der Waals surface area contributed by atoms with Crippen LogP contribution in [0, 0.1) is 17.8 Å². The molecule has 0 N–H and O–H groups in total. The van der Waals surface area contributed by atoms with Crippen molar-refractivity contribution in [2.75, 3.05) is 0 Å². The van der Waals surface area contributed by atoms with Crippen molar-refractivity contribution in [3.05, 3.63) is 59.2 Å². The lowest BCUT2D eigenvalue weighted by atomic mass is 9.90. The lowest BCUT2D eigenvalue weighted by molar-refractivity contribution is 0.448. The van der Waals surface area contributed by atoms with E-state index in [0.717, 1.165) is 12.3 Å². The fourth-order valence-corrected chi connectivity index (χ4v) is 3.34. The first-order valence-corrected chi connectivity index (χ1v) is 9.47. The maximum Gasteiger partial charge on any atom is 0.0452 e. The lowest BCUT2D eigenvalue weighted by Crippen LogP contribution is -2.01. The minimum absolute atomic E-state index is 0.442. The Morgan fingerprint density at radius 2 is 1.83 bits per heavy atom. The van der Waals surface area contributed by atoms with Crippen molar-refractivity contribution in [1.29, 1.82) is 0 Å². The molecule has 2 atom stereocenters. The molecule has 1 aliphatic rings. The molecule has 0 radical (unpaired) electrons. The zero-order valence-corrected chi connectivity index (χ0v) is 15.6. The normalized spacial score (nSPS) is 20.7. The fraction of sp³-hybridized carbons (Fsp3) is 0.500. The standard InChI is InChI=1S/C24H32/c1-20(2)10-7-11-21(3)12-8-13-22-14-9-17-24(19-18-22)23-15-5-4-6-16-23/h4-6,10,12,15-16,22,24H,7-8,11,13-14,18-19H2,1-3H3/b21-12+. The van der Waals surface area contributed by atoms with Gasteiger partial charge in [0.25, 0.3) is 0 Å². The number of allylic oxidation sites excluding steroid dienone is 4. The van der Waals surface area contributed by atoms with Crippen molar-refractivity contribution in [3.8, 4) is 11.8 Å². The number of rotatable bonds is 7. The molecule has 0 saturated carbocycles. The van der Waals surface area contributed by atoms with Gasteiger partial charge in [-0.1, -0.05) is 59.6 Å². The van der Waals surface area contributed by atoms with Gasteiger partial charge in [0.15, 0.2) is 0 Å². The molecule has 0 saturated heterocycles. The quantitative estimate of drug-likeness (QED) is 0.373. The zero-order valence-electron chi connectivity index (χ0n) is 15.6. The summed E-state index contributed by atoms with van der Waals surface area (Å²) in [5.74, 6) is 8.16. The third kappa shape index (κ3) is 6.79. The van der Waals surface area contributed by atoms with E-state index in [2.05, 4.69) is 75.1 Å². The van der Waals surface area contributed by atoms with E-state index >= 15 is 0 Å². The molecule has 0 heteroatoms. The summed E-state index contributed by atoms with van der Waals surface area (Å²) < 4.78 is 0. The maximum atomic E-state index is 3.49. The molecule has 2 unspecified atom stereocenters. The van der Waals surface area contributed by atoms with Crippen LogP contribution in [0.15, 0.2) is 53.6 Å². The SMILES string of the molecule is CC(C)=CCC/C(C)=C/CCC1CC#CC(c2ccccc2)CC1. The van der Waals surface area contributed by atoms with E-state index in [1.165, 1.54) is 55.2 Å². The molecule has 1 aliphatic carbocycles. The number of benzene rings is 1. The van der Waals surface area contributed by atoms with E-state index < -0.39 is 0 Å². The maximum absolute atomic E-state index is 3.49. The Bertz CT molecular complexity index is 602. The van der Waals surface area contributed by atoms with Crippen LogP contribution in [0.4, 0.5) is 0 Å². The summed E-state index contributed by atoms with van der Waals surface area (Å²) >= 11 is 0. The van der Waals surface area contributed by atoms with Crippen LogP contribution in [0.5, 0.6) is 0 Å². The topological polar surface area (TPSA) is 0 Å². The molecule has 0 heterocycles. The highest BCUT2D eigenvalue weighted by Crippen LogP contribution is 2.29. The summed E-state index contributed by atoms with van der Waals surface area (Å²) in [5.41, 5.74) is 4.35. The highest BCUT2D eigenvalue weighted by atomic mass is 14.2. The van der Waals surface area contributed by atoms with E-state index in [1.807, 2.05) is 0 Å². The highest BCUT2D eigenvalue weighted by molar-refractivity contribution is 5.28. The molecular formula is C24H32. The van der Waals surface area contributed by atoms with Gasteiger partial charge >= 0.3 is 0 Å². The monoisotopic (exact) mass is 320 g/mol. The summed E-state index contributed by atoms with van der Waals surface area (Å²) in [6, 6.07) is 10.8. The molecule has 24 heavy (non-hydrogen) atoms. The second-order valence-electron chi connectivity index (χ2n) is 7.38. The molecule has 0 fully saturated rings. The van der Waals surface area contributed by atoms with Gasteiger partial charge in [-0.15, -0.1) is 5.92 Å². The van der Waals surface area contributed by atoms with Crippen molar-refractivity contribution in [3.63, 3.8) is 0 Å². The van der Waals surface area contributed by atoms with Gasteiger partial charge in [-0.05, 0) is 70.8 Å². The van der Waals surface area contributed by atoms with Crippen molar-refractivity contribution in [2.24, 2.45) is 5.92 Å². The second-order valence-corrected chi connectivity index (χ2v) is 7.38. The van der Waals surface area contributed by atoms with Gasteiger partial charge in [0, 0.05) is 12.3 Å². The van der Waals surface area contributed by atoms with Gasteiger partial charge in [0.05, 0.1) is 0 Å². The van der Waals surface area contributed by atoms with Crippen LogP contribution in [0.1, 0.15) is 77.2 Å². The lowest BCUT2D eigenvalue weighted by Gasteiger charge is -2.14. The third-order valence-corrected chi connectivity index (χ3v) is 4.89. The van der Waals surface area contributed by atoms with Gasteiger partial charge in [0.2, 0.25) is 0 Å². The molecule has 128 valence electrons. The average Bonchev–Trinajstić information content (AvgIpc) is 2.81. The molecule has 0 aliphatic heterocycles. The summed E-state index contributed by atoms with van der Waals surface area (Å²) in [5, 5.41) is 0. The zero-order chi connectivity index (χ0) is 17.2. The van der Waals surface area contributed by atoms with Crippen LogP contribution < -0.4 is 0 Å². The Labute approximate surface area is 149 Å². The first-order valence-electron chi connectivity index (χ1n) is 9.47. The fourth-order valence-electron chi connectivity index (χ4n) is 3.34. The number of hydrogen-bond acceptors (Lipinski definition) is 0. The molecule has 1 aromatic rings. The molecule has 0 spiro atoms. The Morgan fingerprint density at radius 3 is 2.58 bits per heavy atom. The minimum Gasteiger partial charge on any atom is -0.102 e. The van der Waals surface area contributed by atoms with Gasteiger partial charge in [-0.3, -0.25) is 0 Å². The summed E-state index contributed by atoms with van der Waals surface area (Å²) in [4.78, 5) is 0. The van der Waals surface area contributed by atoms with Gasteiger partial charge in [-0.2, -0.15) is 0 Å². The smallest absolute Gasteiger partial charge is 0.0452 e. The second kappa shape index (κ2) is 10.2. The average molecular weight is 321 g/mol. The van der Waals surface area contributed by atoms with Crippen LogP contribution in [0.3, 0.4) is 0 Å². The van der Waals surface area contributed by atoms with Crippen molar-refractivity contribution in [2.45, 2.75) is 71.6 Å². The highest BCUT2D eigenvalue weighted by Gasteiger charge is 2.15. The van der Waals surface area contributed by atoms with Gasteiger partial charge < -0.3 is 0 Å². The Kier molecular flexibility index (Phi) is 7.90. The largest absolute Gasteiger partial charge is 0.102 e. The predicted molar refractivity (Wildman–Crippen MR) is 106 cm³/mol. The van der Waals surface area contributed by atoms with Crippen molar-refractivity contribution in [1.82, 2.24) is 0 Å². The van der Waals surface area contributed by atoms with Crippen LogP contribution in [-0.4, -0.2) is 0 Å². The molecule has 0 nitrogen and oxygen atoms in total. The predicted octanol–water partition coefficient (Wildman–Crippen LogP) is 7.05. The van der Waals surface area contributed by atoms with Crippen molar-refractivity contribution < 1.29 is 0 Å². The molecule has 0 bridgehead atoms. The van der Waals surface area contributed by atoms with E-state index in [0.29, 0.717) is 5.92 Å². The van der Waals surface area contributed by atoms with Gasteiger partial charge in [0.1, 0.15) is 0 Å². The number of hydrogen-bond donors (Lipinski definition) is 0. The third-order valence-electron chi connectivity index (χ3n) is 4.89. The Balaban J connectivity index is 1.74.